The van der Waals surface area contributed by atoms with Gasteiger partial charge in [-0.25, -0.2) is 0 Å². The summed E-state index contributed by atoms with van der Waals surface area (Å²) in [7, 11) is 0. The van der Waals surface area contributed by atoms with Crippen LogP contribution in [0.15, 0.2) is 0 Å². The number of hydrogen-bond acceptors (Lipinski definition) is 7. The Morgan fingerprint density at radius 3 is 1.92 bits per heavy atom. The first kappa shape index (κ1) is 22.6. The third-order valence-corrected chi connectivity index (χ3v) is 3.20. The molecule has 7 nitrogen and oxygen atoms in total. The van der Waals surface area contributed by atoms with Crippen molar-refractivity contribution in [3.63, 3.8) is 0 Å². The Hall–Kier alpha value is -1.44. The Morgan fingerprint density at radius 2 is 1.38 bits per heavy atom. The lowest BCUT2D eigenvalue weighted by atomic mass is 10.1. The topological polar surface area (TPSA) is 110 Å². The predicted octanol–water partition coefficient (Wildman–Crippen LogP) is 2.20. The highest BCUT2D eigenvalue weighted by Gasteiger charge is 2.10. The number of Topliss-reactive ketones (excluding diaryl/α,β-unsaturated/α-hetero) is 2. The van der Waals surface area contributed by atoms with Crippen molar-refractivity contribution < 1.29 is 23.8 Å². The van der Waals surface area contributed by atoms with Crippen LogP contribution in [0.4, 0.5) is 0 Å². The van der Waals surface area contributed by atoms with Gasteiger partial charge in [0.05, 0.1) is 38.4 Å². The first-order valence-electron chi connectivity index (χ1n) is 8.49. The molecule has 0 aliphatic carbocycles. The van der Waals surface area contributed by atoms with Gasteiger partial charge in [-0.3, -0.25) is 9.59 Å². The van der Waals surface area contributed by atoms with Gasteiger partial charge in [0.25, 0.3) is 0 Å². The third-order valence-electron chi connectivity index (χ3n) is 3.20. The molecule has 0 aromatic rings. The second-order valence-electron chi connectivity index (χ2n) is 5.31. The van der Waals surface area contributed by atoms with E-state index in [1.807, 2.05) is 0 Å². The van der Waals surface area contributed by atoms with E-state index in [4.69, 9.17) is 25.0 Å². The molecule has 0 amide bonds. The predicted molar refractivity (Wildman–Crippen MR) is 92.4 cm³/mol. The second kappa shape index (κ2) is 16.4. The van der Waals surface area contributed by atoms with Gasteiger partial charge in [-0.05, 0) is 19.3 Å². The van der Waals surface area contributed by atoms with Crippen molar-refractivity contribution in [1.29, 1.82) is 10.8 Å². The molecule has 0 saturated carbocycles. The van der Waals surface area contributed by atoms with Crippen LogP contribution in [0.2, 0.25) is 0 Å². The van der Waals surface area contributed by atoms with Gasteiger partial charge >= 0.3 is 0 Å². The number of carbonyl (C=O) groups is 2. The molecule has 0 unspecified atom stereocenters. The maximum Gasteiger partial charge on any atom is 0.176 e. The minimum atomic E-state index is -0.393. The maximum atomic E-state index is 11.6. The van der Waals surface area contributed by atoms with Crippen molar-refractivity contribution in [2.75, 3.05) is 39.6 Å². The van der Waals surface area contributed by atoms with Crippen LogP contribution in [-0.4, -0.2) is 63.1 Å². The lowest BCUT2D eigenvalue weighted by Gasteiger charge is -2.07. The van der Waals surface area contributed by atoms with E-state index < -0.39 is 5.78 Å². The Kier molecular flexibility index (Phi) is 15.4. The second-order valence-corrected chi connectivity index (χ2v) is 5.31. The largest absolute Gasteiger partial charge is 0.379 e. The highest BCUT2D eigenvalue weighted by Crippen LogP contribution is 2.00. The number of carbonyl (C=O) groups excluding carboxylic acids is 2. The summed E-state index contributed by atoms with van der Waals surface area (Å²) < 4.78 is 16.1. The summed E-state index contributed by atoms with van der Waals surface area (Å²) in [6.45, 7) is 5.49. The summed E-state index contributed by atoms with van der Waals surface area (Å²) in [6, 6.07) is 0. The van der Waals surface area contributed by atoms with Crippen molar-refractivity contribution in [3.8, 4) is 0 Å². The molecule has 0 aromatic heterocycles. The van der Waals surface area contributed by atoms with Gasteiger partial charge in [0, 0.05) is 26.1 Å². The molecule has 0 fully saturated rings. The SMILES string of the molecule is CCCCOCCOCCOCCCC(=N)C(=O)CCC(=O)C=N. The van der Waals surface area contributed by atoms with E-state index in [9.17, 15) is 9.59 Å². The van der Waals surface area contributed by atoms with E-state index in [0.717, 1.165) is 19.4 Å². The van der Waals surface area contributed by atoms with Crippen LogP contribution in [0, 0.1) is 10.8 Å². The van der Waals surface area contributed by atoms with Crippen molar-refractivity contribution in [2.45, 2.75) is 45.4 Å². The molecule has 0 aliphatic rings. The van der Waals surface area contributed by atoms with Crippen molar-refractivity contribution >= 4 is 23.5 Å². The zero-order valence-electron chi connectivity index (χ0n) is 14.6. The monoisotopic (exact) mass is 342 g/mol. The van der Waals surface area contributed by atoms with E-state index in [2.05, 4.69) is 6.92 Å². The smallest absolute Gasteiger partial charge is 0.176 e. The summed E-state index contributed by atoms with van der Waals surface area (Å²) in [5.41, 5.74) is 0.0110. The number of ketones is 2. The minimum absolute atomic E-state index is 0.000705. The quantitative estimate of drug-likeness (QED) is 0.293. The zero-order valence-corrected chi connectivity index (χ0v) is 14.6. The van der Waals surface area contributed by atoms with E-state index in [0.29, 0.717) is 52.1 Å². The van der Waals surface area contributed by atoms with E-state index in [1.54, 1.807) is 0 Å². The van der Waals surface area contributed by atoms with E-state index >= 15 is 0 Å². The van der Waals surface area contributed by atoms with Gasteiger partial charge in [-0.1, -0.05) is 13.3 Å². The Bertz CT molecular complexity index is 385. The Labute approximate surface area is 144 Å². The van der Waals surface area contributed by atoms with Crippen LogP contribution in [0.3, 0.4) is 0 Å². The number of rotatable bonds is 18. The molecule has 0 radical (unpaired) electrons. The number of unbranched alkanes of at least 4 members (excludes halogenated alkanes) is 1. The van der Waals surface area contributed by atoms with Crippen molar-refractivity contribution in [3.05, 3.63) is 0 Å². The minimum Gasteiger partial charge on any atom is -0.379 e. The third kappa shape index (κ3) is 14.2. The zero-order chi connectivity index (χ0) is 18.0. The molecule has 0 spiro atoms. The number of nitrogens with one attached hydrogen (secondary N) is 2. The molecule has 138 valence electrons. The van der Waals surface area contributed by atoms with Gasteiger partial charge in [0.15, 0.2) is 11.6 Å². The van der Waals surface area contributed by atoms with E-state index in [1.165, 1.54) is 0 Å². The molecule has 0 heterocycles. The van der Waals surface area contributed by atoms with Gasteiger partial charge in [-0.15, -0.1) is 0 Å². The molecule has 7 heteroatoms. The van der Waals surface area contributed by atoms with Crippen LogP contribution in [0.5, 0.6) is 0 Å². The molecule has 0 rings (SSSR count). The average Bonchev–Trinajstić information content (AvgIpc) is 2.59. The molecule has 2 N–H and O–H groups in total. The normalized spacial score (nSPS) is 10.5. The van der Waals surface area contributed by atoms with Crippen LogP contribution < -0.4 is 0 Å². The summed E-state index contributed by atoms with van der Waals surface area (Å²) >= 11 is 0. The lowest BCUT2D eigenvalue weighted by Crippen LogP contribution is -2.16. The summed E-state index contributed by atoms with van der Waals surface area (Å²) in [6.07, 6.45) is 3.82. The van der Waals surface area contributed by atoms with Gasteiger partial charge < -0.3 is 25.0 Å². The van der Waals surface area contributed by atoms with Crippen LogP contribution >= 0.6 is 0 Å². The molecule has 0 bridgehead atoms. The fraction of sp³-hybridized carbons (Fsp3) is 0.765. The van der Waals surface area contributed by atoms with Crippen molar-refractivity contribution in [2.24, 2.45) is 0 Å². The van der Waals surface area contributed by atoms with Gasteiger partial charge in [-0.2, -0.15) is 0 Å². The fourth-order valence-electron chi connectivity index (χ4n) is 1.74. The Balaban J connectivity index is 3.37. The molecule has 24 heavy (non-hydrogen) atoms. The highest BCUT2D eigenvalue weighted by atomic mass is 16.5. The fourth-order valence-corrected chi connectivity index (χ4v) is 1.74. The summed E-state index contributed by atoms with van der Waals surface area (Å²) in [5.74, 6) is -0.730. The summed E-state index contributed by atoms with van der Waals surface area (Å²) in [5, 5.41) is 14.4. The van der Waals surface area contributed by atoms with Crippen LogP contribution in [0.1, 0.15) is 45.4 Å². The van der Waals surface area contributed by atoms with E-state index in [-0.39, 0.29) is 24.3 Å². The molecule has 0 saturated heterocycles. The lowest BCUT2D eigenvalue weighted by molar-refractivity contribution is -0.117. The summed E-state index contributed by atoms with van der Waals surface area (Å²) in [4.78, 5) is 22.5. The van der Waals surface area contributed by atoms with Crippen LogP contribution in [-0.2, 0) is 23.8 Å². The Morgan fingerprint density at radius 1 is 0.833 bits per heavy atom. The molecule has 0 aromatic carbocycles. The van der Waals surface area contributed by atoms with Crippen LogP contribution in [0.25, 0.3) is 0 Å². The first-order chi connectivity index (χ1) is 11.6. The highest BCUT2D eigenvalue weighted by molar-refractivity contribution is 6.39. The molecule has 0 aliphatic heterocycles. The number of hydrogen-bond donors (Lipinski definition) is 2. The average molecular weight is 342 g/mol. The van der Waals surface area contributed by atoms with Crippen molar-refractivity contribution in [1.82, 2.24) is 0 Å². The standard InChI is InChI=1S/C17H30N2O5/c1-2-3-8-22-10-12-24-13-11-23-9-4-5-16(19)17(21)7-6-15(20)14-18/h14,18-19H,2-13H2,1H3. The molecular formula is C17H30N2O5. The molecule has 0 atom stereocenters. The van der Waals surface area contributed by atoms with Gasteiger partial charge in [0.2, 0.25) is 0 Å². The molecular weight excluding hydrogens is 312 g/mol. The first-order valence-corrected chi connectivity index (χ1v) is 8.49. The number of ether oxygens (including phenoxy) is 3. The van der Waals surface area contributed by atoms with Gasteiger partial charge in [0.1, 0.15) is 0 Å². The maximum absolute atomic E-state index is 11.6.